The summed E-state index contributed by atoms with van der Waals surface area (Å²) in [5, 5.41) is 6.21. The lowest BCUT2D eigenvalue weighted by Gasteiger charge is -2.12. The number of hydrogen-bond acceptors (Lipinski definition) is 5. The van der Waals surface area contributed by atoms with Gasteiger partial charge in [-0.15, -0.1) is 12.4 Å². The number of ether oxygens (including phenoxy) is 1. The van der Waals surface area contributed by atoms with Gasteiger partial charge in [0.25, 0.3) is 0 Å². The molecule has 0 saturated carbocycles. The van der Waals surface area contributed by atoms with Crippen LogP contribution in [0.3, 0.4) is 0 Å². The van der Waals surface area contributed by atoms with Crippen LogP contribution in [0.25, 0.3) is 0 Å². The molecule has 6 nitrogen and oxygen atoms in total. The fourth-order valence-electron chi connectivity index (χ4n) is 2.61. The van der Waals surface area contributed by atoms with Gasteiger partial charge in [0.05, 0.1) is 30.2 Å². The molecule has 2 aliphatic heterocycles. The number of nitrogens with zero attached hydrogens (tertiary/aromatic N) is 2. The molecular weight excluding hydrogens is 280 g/mol. The number of hydrogen-bond donors (Lipinski definition) is 2. The van der Waals surface area contributed by atoms with Crippen LogP contribution in [0, 0.1) is 6.92 Å². The van der Waals surface area contributed by atoms with Crippen LogP contribution in [0.5, 0.6) is 0 Å². The fraction of sp³-hybridized carbons (Fsp3) is 0.615. The third-order valence-electron chi connectivity index (χ3n) is 3.66. The number of nitrogens with one attached hydrogen (secondary N) is 2. The van der Waals surface area contributed by atoms with E-state index in [0.717, 1.165) is 30.8 Å². The minimum absolute atomic E-state index is 0. The van der Waals surface area contributed by atoms with Crippen LogP contribution in [0.2, 0.25) is 0 Å². The van der Waals surface area contributed by atoms with E-state index in [1.165, 1.54) is 0 Å². The molecular formula is C13H19ClN4O2. The number of aryl methyl sites for hydroxylation is 1. The molecule has 0 spiro atoms. The van der Waals surface area contributed by atoms with Crippen molar-refractivity contribution >= 4 is 18.3 Å². The van der Waals surface area contributed by atoms with Crippen molar-refractivity contribution in [1.82, 2.24) is 20.6 Å². The minimum atomic E-state index is -0.332. The van der Waals surface area contributed by atoms with Crippen molar-refractivity contribution in [3.63, 3.8) is 0 Å². The summed E-state index contributed by atoms with van der Waals surface area (Å²) in [6.45, 7) is 3.27. The number of rotatable bonds is 3. The summed E-state index contributed by atoms with van der Waals surface area (Å²) in [6, 6.07) is 0.343. The van der Waals surface area contributed by atoms with E-state index in [1.807, 2.05) is 6.92 Å². The Bertz CT molecular complexity index is 456. The molecule has 110 valence electrons. The van der Waals surface area contributed by atoms with Gasteiger partial charge in [-0.1, -0.05) is 0 Å². The van der Waals surface area contributed by atoms with E-state index < -0.39 is 0 Å². The molecule has 3 atom stereocenters. The highest BCUT2D eigenvalue weighted by atomic mass is 35.5. The van der Waals surface area contributed by atoms with E-state index in [-0.39, 0.29) is 30.5 Å². The van der Waals surface area contributed by atoms with Gasteiger partial charge in [-0.2, -0.15) is 0 Å². The first-order chi connectivity index (χ1) is 9.22. The summed E-state index contributed by atoms with van der Waals surface area (Å²) in [5.41, 5.74) is 1.63. The molecule has 0 unspecified atom stereocenters. The Hall–Kier alpha value is -1.24. The number of amides is 1. The molecule has 0 aliphatic carbocycles. The molecule has 2 fully saturated rings. The molecule has 2 aliphatic rings. The average molecular weight is 299 g/mol. The topological polar surface area (TPSA) is 76.1 Å². The SMILES string of the molecule is Cc1cnc(CNC(=O)[C@@H]2C[C@H]3NCC[C@H]3O2)cn1.Cl. The van der Waals surface area contributed by atoms with Crippen LogP contribution in [-0.4, -0.2) is 40.7 Å². The second kappa shape index (κ2) is 6.47. The van der Waals surface area contributed by atoms with Crippen LogP contribution in [0.15, 0.2) is 12.4 Å². The molecule has 2 N–H and O–H groups in total. The first kappa shape index (κ1) is 15.2. The summed E-state index contributed by atoms with van der Waals surface area (Å²) in [6.07, 6.45) is 5.01. The van der Waals surface area contributed by atoms with E-state index in [9.17, 15) is 4.79 Å². The van der Waals surface area contributed by atoms with E-state index in [2.05, 4.69) is 20.6 Å². The quantitative estimate of drug-likeness (QED) is 0.842. The second-order valence-electron chi connectivity index (χ2n) is 5.12. The molecule has 0 aromatic carbocycles. The van der Waals surface area contributed by atoms with Crippen molar-refractivity contribution in [2.75, 3.05) is 6.54 Å². The number of halogens is 1. The third kappa shape index (κ3) is 3.26. The van der Waals surface area contributed by atoms with Crippen LogP contribution >= 0.6 is 12.4 Å². The third-order valence-corrected chi connectivity index (χ3v) is 3.66. The van der Waals surface area contributed by atoms with Gasteiger partial charge in [0.15, 0.2) is 0 Å². The lowest BCUT2D eigenvalue weighted by molar-refractivity contribution is -0.132. The molecule has 3 heterocycles. The average Bonchev–Trinajstić information content (AvgIpc) is 2.98. The zero-order valence-electron chi connectivity index (χ0n) is 11.3. The van der Waals surface area contributed by atoms with Gasteiger partial charge >= 0.3 is 0 Å². The van der Waals surface area contributed by atoms with Gasteiger partial charge in [0, 0.05) is 18.7 Å². The molecule has 0 bridgehead atoms. The van der Waals surface area contributed by atoms with Gasteiger partial charge in [-0.05, 0) is 19.9 Å². The normalized spacial score (nSPS) is 27.8. The maximum atomic E-state index is 12.0. The minimum Gasteiger partial charge on any atom is -0.363 e. The largest absolute Gasteiger partial charge is 0.363 e. The predicted molar refractivity (Wildman–Crippen MR) is 75.5 cm³/mol. The zero-order valence-corrected chi connectivity index (χ0v) is 12.2. The lowest BCUT2D eigenvalue weighted by atomic mass is 10.1. The van der Waals surface area contributed by atoms with Crippen LogP contribution in [0.1, 0.15) is 24.2 Å². The highest BCUT2D eigenvalue weighted by Crippen LogP contribution is 2.26. The highest BCUT2D eigenvalue weighted by molar-refractivity contribution is 5.85. The zero-order chi connectivity index (χ0) is 13.2. The van der Waals surface area contributed by atoms with E-state index in [4.69, 9.17) is 4.74 Å². The molecule has 3 rings (SSSR count). The first-order valence-corrected chi connectivity index (χ1v) is 6.66. The number of fused-ring (bicyclic) bond motifs is 1. The first-order valence-electron chi connectivity index (χ1n) is 6.66. The van der Waals surface area contributed by atoms with Crippen molar-refractivity contribution in [2.24, 2.45) is 0 Å². The number of carbonyl (C=O) groups is 1. The van der Waals surface area contributed by atoms with Crippen LogP contribution in [-0.2, 0) is 16.1 Å². The van der Waals surface area contributed by atoms with Gasteiger partial charge in [0.1, 0.15) is 6.10 Å². The molecule has 0 radical (unpaired) electrons. The van der Waals surface area contributed by atoms with Crippen molar-refractivity contribution in [3.8, 4) is 0 Å². The molecule has 7 heteroatoms. The van der Waals surface area contributed by atoms with Crippen molar-refractivity contribution in [1.29, 1.82) is 0 Å². The predicted octanol–water partition coefficient (Wildman–Crippen LogP) is 0.342. The van der Waals surface area contributed by atoms with Crippen LogP contribution < -0.4 is 10.6 Å². The highest BCUT2D eigenvalue weighted by Gasteiger charge is 2.41. The fourth-order valence-corrected chi connectivity index (χ4v) is 2.61. The van der Waals surface area contributed by atoms with Gasteiger partial charge in [-0.25, -0.2) is 0 Å². The Labute approximate surface area is 124 Å². The summed E-state index contributed by atoms with van der Waals surface area (Å²) in [5.74, 6) is -0.0569. The van der Waals surface area contributed by atoms with Crippen molar-refractivity contribution in [2.45, 2.75) is 44.6 Å². The standard InChI is InChI=1S/C13H18N4O2.ClH/c1-8-5-16-9(6-15-8)7-17-13(18)12-4-10-11(19-12)2-3-14-10;/h5-6,10-12,14H,2-4,7H2,1H3,(H,17,18);1H/t10-,11-,12+;/m1./s1. The number of aromatic nitrogens is 2. The van der Waals surface area contributed by atoms with Gasteiger partial charge in [0.2, 0.25) is 5.91 Å². The Balaban J connectivity index is 0.00000147. The summed E-state index contributed by atoms with van der Waals surface area (Å²) in [4.78, 5) is 20.4. The maximum Gasteiger partial charge on any atom is 0.249 e. The van der Waals surface area contributed by atoms with E-state index >= 15 is 0 Å². The van der Waals surface area contributed by atoms with E-state index in [1.54, 1.807) is 12.4 Å². The van der Waals surface area contributed by atoms with Gasteiger partial charge < -0.3 is 15.4 Å². The summed E-state index contributed by atoms with van der Waals surface area (Å²) < 4.78 is 5.74. The molecule has 1 amide bonds. The molecule has 1 aromatic rings. The van der Waals surface area contributed by atoms with E-state index in [0.29, 0.717) is 12.6 Å². The van der Waals surface area contributed by atoms with Crippen molar-refractivity contribution < 1.29 is 9.53 Å². The molecule has 1 aromatic heterocycles. The molecule has 2 saturated heterocycles. The maximum absolute atomic E-state index is 12.0. The van der Waals surface area contributed by atoms with Crippen molar-refractivity contribution in [3.05, 3.63) is 23.8 Å². The Morgan fingerprint density at radius 1 is 1.50 bits per heavy atom. The lowest BCUT2D eigenvalue weighted by Crippen LogP contribution is -2.35. The second-order valence-corrected chi connectivity index (χ2v) is 5.12. The van der Waals surface area contributed by atoms with Crippen LogP contribution in [0.4, 0.5) is 0 Å². The summed E-state index contributed by atoms with van der Waals surface area (Å²) in [7, 11) is 0. The van der Waals surface area contributed by atoms with Gasteiger partial charge in [-0.3, -0.25) is 14.8 Å². The number of carbonyl (C=O) groups excluding carboxylic acids is 1. The Morgan fingerprint density at radius 3 is 3.05 bits per heavy atom. The Kier molecular flexibility index (Phi) is 4.91. The summed E-state index contributed by atoms with van der Waals surface area (Å²) >= 11 is 0. The Morgan fingerprint density at radius 2 is 2.35 bits per heavy atom. The molecule has 20 heavy (non-hydrogen) atoms. The monoisotopic (exact) mass is 298 g/mol. The smallest absolute Gasteiger partial charge is 0.249 e.